The van der Waals surface area contributed by atoms with Crippen LogP contribution < -0.4 is 10.6 Å². The zero-order valence-corrected chi connectivity index (χ0v) is 27.8. The highest BCUT2D eigenvalue weighted by atomic mass is 32.2. The molecule has 0 saturated carbocycles. The maximum Gasteiger partial charge on any atom is 0.327 e. The number of amides is 2. The Morgan fingerprint density at radius 2 is 1.40 bits per heavy atom. The molecule has 0 heterocycles. The average Bonchev–Trinajstić information content (AvgIpc) is 2.82. The molecule has 8 heteroatoms. The Morgan fingerprint density at radius 3 is 1.90 bits per heavy atom. The summed E-state index contributed by atoms with van der Waals surface area (Å²) >= 11 is 1.47. The van der Waals surface area contributed by atoms with Crippen molar-refractivity contribution in [2.75, 3.05) is 18.1 Å². The van der Waals surface area contributed by atoms with Gasteiger partial charge in [-0.1, -0.05) is 84.3 Å². The van der Waals surface area contributed by atoms with Gasteiger partial charge < -0.3 is 20.5 Å². The molecule has 0 aliphatic carbocycles. The third kappa shape index (κ3) is 22.2. The highest BCUT2D eigenvalue weighted by Gasteiger charge is 2.27. The number of aliphatic carboxylic acids is 1. The molecule has 0 aliphatic rings. The van der Waals surface area contributed by atoms with Crippen LogP contribution in [-0.2, 0) is 19.1 Å². The van der Waals surface area contributed by atoms with Crippen LogP contribution in [0.4, 0.5) is 0 Å². The molecule has 2 amide bonds. The van der Waals surface area contributed by atoms with Crippen LogP contribution >= 0.6 is 11.8 Å². The molecule has 0 radical (unpaired) electrons. The van der Waals surface area contributed by atoms with Crippen molar-refractivity contribution in [3.05, 3.63) is 11.6 Å². The lowest BCUT2D eigenvalue weighted by Crippen LogP contribution is -2.54. The van der Waals surface area contributed by atoms with Gasteiger partial charge in [-0.25, -0.2) is 4.79 Å². The number of hydrogen-bond acceptors (Lipinski definition) is 5. The molecule has 7 nitrogen and oxygen atoms in total. The number of rotatable bonds is 22. The number of carboxylic acids is 1. The molecular formula is C32H60N2O5S. The Bertz CT molecular complexity index is 763. The zero-order chi connectivity index (χ0) is 30.7. The van der Waals surface area contributed by atoms with E-state index in [4.69, 9.17) is 4.74 Å². The Labute approximate surface area is 249 Å². The van der Waals surface area contributed by atoms with Crippen molar-refractivity contribution in [2.24, 2.45) is 17.8 Å². The Hall–Kier alpha value is -1.54. The maximum atomic E-state index is 12.7. The molecule has 3 N–H and O–H groups in total. The number of nitrogens with one attached hydrogen (secondary N) is 2. The summed E-state index contributed by atoms with van der Waals surface area (Å²) in [6.45, 7) is 18.3. The Balaban J connectivity index is 4.38. The fraction of sp³-hybridized carbons (Fsp3) is 0.844. The SMILES string of the molecule is CC(=O)NC(COC(C)(C)C)C(=O)NC(CSC/C=C(\C)CCCC(C)CCCC(C)CCCC(C)C)C(=O)O. The van der Waals surface area contributed by atoms with Crippen molar-refractivity contribution in [1.82, 2.24) is 10.6 Å². The quantitative estimate of drug-likeness (QED) is 0.0935. The van der Waals surface area contributed by atoms with Crippen molar-refractivity contribution in [3.8, 4) is 0 Å². The van der Waals surface area contributed by atoms with Crippen molar-refractivity contribution in [2.45, 2.75) is 138 Å². The van der Waals surface area contributed by atoms with Crippen LogP contribution in [-0.4, -0.2) is 58.7 Å². The first-order valence-electron chi connectivity index (χ1n) is 15.3. The highest BCUT2D eigenvalue weighted by Crippen LogP contribution is 2.22. The minimum atomic E-state index is -1.10. The minimum Gasteiger partial charge on any atom is -0.480 e. The molecule has 0 bridgehead atoms. The van der Waals surface area contributed by atoms with E-state index in [-0.39, 0.29) is 18.3 Å². The van der Waals surface area contributed by atoms with Crippen LogP contribution in [0.25, 0.3) is 0 Å². The summed E-state index contributed by atoms with van der Waals surface area (Å²) in [6, 6.07) is -2.00. The van der Waals surface area contributed by atoms with E-state index in [1.165, 1.54) is 75.6 Å². The number of carbonyl (C=O) groups is 3. The van der Waals surface area contributed by atoms with Crippen LogP contribution in [0.1, 0.15) is 120 Å². The molecule has 0 aromatic heterocycles. The van der Waals surface area contributed by atoms with Gasteiger partial charge in [-0.15, -0.1) is 0 Å². The monoisotopic (exact) mass is 584 g/mol. The van der Waals surface area contributed by atoms with E-state index in [1.54, 1.807) is 0 Å². The van der Waals surface area contributed by atoms with Gasteiger partial charge in [0.15, 0.2) is 0 Å². The van der Waals surface area contributed by atoms with E-state index in [2.05, 4.69) is 51.3 Å². The number of carbonyl (C=O) groups excluding carboxylic acids is 2. The normalized spacial score (nSPS) is 15.4. The largest absolute Gasteiger partial charge is 0.480 e. The van der Waals surface area contributed by atoms with Crippen LogP contribution in [0, 0.1) is 17.8 Å². The van der Waals surface area contributed by atoms with Crippen LogP contribution in [0.15, 0.2) is 11.6 Å². The van der Waals surface area contributed by atoms with Gasteiger partial charge in [-0.05, 0) is 58.3 Å². The second-order valence-corrected chi connectivity index (χ2v) is 14.1. The predicted octanol–water partition coefficient (Wildman–Crippen LogP) is 6.99. The zero-order valence-electron chi connectivity index (χ0n) is 26.9. The second kappa shape index (κ2) is 21.2. The standard InChI is InChI=1S/C32H60N2O5S/c1-23(2)13-10-14-24(3)15-11-16-25(4)17-12-18-26(5)19-20-40-22-29(31(37)38)34-30(36)28(33-27(6)35)21-39-32(7,8)9/h19,23-25,28-29H,10-18,20-22H2,1-9H3,(H,33,35)(H,34,36)(H,37,38)/b26-19+. The van der Waals surface area contributed by atoms with Gasteiger partial charge in [0.05, 0.1) is 12.2 Å². The van der Waals surface area contributed by atoms with E-state index in [0.717, 1.165) is 24.2 Å². The fourth-order valence-electron chi connectivity index (χ4n) is 4.41. The van der Waals surface area contributed by atoms with Crippen LogP contribution in [0.3, 0.4) is 0 Å². The van der Waals surface area contributed by atoms with Crippen molar-refractivity contribution in [3.63, 3.8) is 0 Å². The third-order valence-corrected chi connectivity index (χ3v) is 7.94. The van der Waals surface area contributed by atoms with Gasteiger partial charge in [-0.2, -0.15) is 11.8 Å². The summed E-state index contributed by atoms with van der Waals surface area (Å²) in [5, 5.41) is 14.7. The number of hydrogen-bond donors (Lipinski definition) is 3. The summed E-state index contributed by atoms with van der Waals surface area (Å²) in [7, 11) is 0. The molecule has 0 aromatic carbocycles. The van der Waals surface area contributed by atoms with Crippen LogP contribution in [0.2, 0.25) is 0 Å². The molecule has 4 atom stereocenters. The predicted molar refractivity (Wildman–Crippen MR) is 169 cm³/mol. The summed E-state index contributed by atoms with van der Waals surface area (Å²) in [5.74, 6) is 1.29. The first kappa shape index (κ1) is 38.5. The number of ether oxygens (including phenoxy) is 1. The Morgan fingerprint density at radius 1 is 0.850 bits per heavy atom. The van der Waals surface area contributed by atoms with Gasteiger partial charge in [0, 0.05) is 18.4 Å². The van der Waals surface area contributed by atoms with Gasteiger partial charge >= 0.3 is 5.97 Å². The molecule has 0 spiro atoms. The van der Waals surface area contributed by atoms with E-state index < -0.39 is 29.6 Å². The van der Waals surface area contributed by atoms with Crippen molar-refractivity contribution >= 4 is 29.5 Å². The van der Waals surface area contributed by atoms with Crippen molar-refractivity contribution in [1.29, 1.82) is 0 Å². The first-order valence-corrected chi connectivity index (χ1v) is 16.4. The van der Waals surface area contributed by atoms with E-state index in [0.29, 0.717) is 5.75 Å². The average molecular weight is 585 g/mol. The lowest BCUT2D eigenvalue weighted by atomic mass is 9.91. The number of allylic oxidation sites excluding steroid dienone is 1. The van der Waals surface area contributed by atoms with Gasteiger partial charge in [0.1, 0.15) is 12.1 Å². The molecule has 40 heavy (non-hydrogen) atoms. The smallest absolute Gasteiger partial charge is 0.327 e. The molecule has 4 unspecified atom stereocenters. The highest BCUT2D eigenvalue weighted by molar-refractivity contribution is 7.99. The first-order chi connectivity index (χ1) is 18.6. The number of carboxylic acid groups (broad SMARTS) is 1. The van der Waals surface area contributed by atoms with Crippen molar-refractivity contribution < 1.29 is 24.2 Å². The van der Waals surface area contributed by atoms with Gasteiger partial charge in [0.2, 0.25) is 11.8 Å². The fourth-order valence-corrected chi connectivity index (χ4v) is 5.41. The number of thioether (sulfide) groups is 1. The molecule has 0 aromatic rings. The van der Waals surface area contributed by atoms with E-state index >= 15 is 0 Å². The summed E-state index contributed by atoms with van der Waals surface area (Å²) in [4.78, 5) is 36.0. The lowest BCUT2D eigenvalue weighted by Gasteiger charge is -2.25. The maximum absolute atomic E-state index is 12.7. The van der Waals surface area contributed by atoms with Gasteiger partial charge in [-0.3, -0.25) is 9.59 Å². The van der Waals surface area contributed by atoms with Gasteiger partial charge in [0.25, 0.3) is 0 Å². The van der Waals surface area contributed by atoms with E-state index in [1.807, 2.05) is 20.8 Å². The molecule has 0 saturated heterocycles. The summed E-state index contributed by atoms with van der Waals surface area (Å²) < 4.78 is 5.64. The lowest BCUT2D eigenvalue weighted by molar-refractivity contribution is -0.142. The Kier molecular flexibility index (Phi) is 20.4. The molecule has 0 aliphatic heterocycles. The summed E-state index contributed by atoms with van der Waals surface area (Å²) in [5.41, 5.74) is 0.825. The minimum absolute atomic E-state index is 0.0352. The molecule has 0 rings (SSSR count). The molecule has 0 fully saturated rings. The third-order valence-electron chi connectivity index (χ3n) is 6.97. The second-order valence-electron chi connectivity index (χ2n) is 13.0. The van der Waals surface area contributed by atoms with Crippen LogP contribution in [0.5, 0.6) is 0 Å². The molecular weight excluding hydrogens is 524 g/mol. The summed E-state index contributed by atoms with van der Waals surface area (Å²) in [6.07, 6.45) is 13.7. The topological polar surface area (TPSA) is 105 Å². The molecule has 234 valence electrons. The van der Waals surface area contributed by atoms with E-state index in [9.17, 15) is 19.5 Å².